The van der Waals surface area contributed by atoms with E-state index in [0.29, 0.717) is 5.75 Å². The third-order valence-corrected chi connectivity index (χ3v) is 1.16. The number of nitrogens with zero attached hydrogens (tertiary/aromatic N) is 4. The van der Waals surface area contributed by atoms with E-state index in [0.717, 1.165) is 6.26 Å². The second-order valence-corrected chi connectivity index (χ2v) is 2.25. The summed E-state index contributed by atoms with van der Waals surface area (Å²) in [5.74, 6) is 0.322. The van der Waals surface area contributed by atoms with E-state index >= 15 is 0 Å². The Labute approximate surface area is 92.4 Å². The fourth-order valence-corrected chi connectivity index (χ4v) is 0.633. The molecule has 0 aliphatic heterocycles. The molecule has 0 atom stereocenters. The summed E-state index contributed by atoms with van der Waals surface area (Å²) < 4.78 is 0. The van der Waals surface area contributed by atoms with Gasteiger partial charge in [-0.1, -0.05) is 18.2 Å². The van der Waals surface area contributed by atoms with Crippen LogP contribution in [0.5, 0.6) is 5.75 Å². The summed E-state index contributed by atoms with van der Waals surface area (Å²) in [6.45, 7) is 0. The number of benzene rings is 1. The Morgan fingerprint density at radius 3 is 1.69 bits per heavy atom. The molecule has 16 heavy (non-hydrogen) atoms. The number of hydrogen-bond acceptors (Lipinski definition) is 6. The van der Waals surface area contributed by atoms with Crippen LogP contribution in [-0.2, 0) is 0 Å². The van der Waals surface area contributed by atoms with Crippen LogP contribution in [0.25, 0.3) is 0 Å². The van der Waals surface area contributed by atoms with Crippen LogP contribution in [0.4, 0.5) is 0 Å². The van der Waals surface area contributed by atoms with Crippen molar-refractivity contribution in [2.75, 3.05) is 0 Å². The zero-order valence-electron chi connectivity index (χ0n) is 8.30. The van der Waals surface area contributed by atoms with Crippen LogP contribution in [0.1, 0.15) is 0 Å². The summed E-state index contributed by atoms with van der Waals surface area (Å²) in [6.07, 6.45) is 3.90. The van der Waals surface area contributed by atoms with Gasteiger partial charge in [0, 0.05) is 0 Å². The number of aromatic nitrogens is 3. The zero-order valence-corrected chi connectivity index (χ0v) is 8.30. The Kier molecular flexibility index (Phi) is 8.66. The predicted octanol–water partition coefficient (Wildman–Crippen LogP) is 1.10. The minimum atomic E-state index is 0.322. The molecule has 0 saturated heterocycles. The van der Waals surface area contributed by atoms with Gasteiger partial charge < -0.3 is 10.2 Å². The standard InChI is InChI=1S/C6H6O.C3H3N3.CHNO/c7-6-4-2-1-3-5-6;1-2-4-6-5-3-1;2-1-3/h1-5,7H;1-3H;3H. The number of phenolic OH excluding ortho intramolecular Hbond substituents is 1. The van der Waals surface area contributed by atoms with Gasteiger partial charge in [0.05, 0.1) is 12.4 Å². The normalized spacial score (nSPS) is 7.19. The van der Waals surface area contributed by atoms with Crippen molar-refractivity contribution in [2.45, 2.75) is 0 Å². The smallest absolute Gasteiger partial charge is 0.283 e. The number of nitriles is 1. The third-order valence-electron chi connectivity index (χ3n) is 1.16. The topological polar surface area (TPSA) is 103 Å². The molecular weight excluding hydrogens is 208 g/mol. The van der Waals surface area contributed by atoms with Gasteiger partial charge in [0.25, 0.3) is 6.26 Å². The molecule has 6 nitrogen and oxygen atoms in total. The van der Waals surface area contributed by atoms with Gasteiger partial charge in [-0.15, -0.1) is 10.2 Å². The minimum Gasteiger partial charge on any atom is -0.508 e. The second kappa shape index (κ2) is 10.4. The molecule has 82 valence electrons. The predicted molar refractivity (Wildman–Crippen MR) is 55.5 cm³/mol. The highest BCUT2D eigenvalue weighted by atomic mass is 16.3. The third kappa shape index (κ3) is 9.41. The van der Waals surface area contributed by atoms with E-state index < -0.39 is 0 Å². The van der Waals surface area contributed by atoms with Crippen molar-refractivity contribution >= 4 is 0 Å². The molecule has 0 aliphatic carbocycles. The van der Waals surface area contributed by atoms with Gasteiger partial charge in [0.1, 0.15) is 5.75 Å². The fraction of sp³-hybridized carbons (Fsp3) is 0. The maximum Gasteiger partial charge on any atom is 0.283 e. The molecule has 0 bridgehead atoms. The van der Waals surface area contributed by atoms with Crippen LogP contribution >= 0.6 is 0 Å². The van der Waals surface area contributed by atoms with Crippen molar-refractivity contribution in [1.82, 2.24) is 15.4 Å². The van der Waals surface area contributed by atoms with E-state index in [1.807, 2.05) is 6.07 Å². The summed E-state index contributed by atoms with van der Waals surface area (Å²) in [6, 6.07) is 10.4. The Balaban J connectivity index is 0.000000230. The Bertz CT molecular complexity index is 362. The van der Waals surface area contributed by atoms with Crippen molar-refractivity contribution in [2.24, 2.45) is 0 Å². The molecule has 1 aromatic heterocycles. The monoisotopic (exact) mass is 218 g/mol. The maximum atomic E-state index is 8.63. The lowest BCUT2D eigenvalue weighted by Crippen LogP contribution is -1.78. The quantitative estimate of drug-likeness (QED) is 0.642. The van der Waals surface area contributed by atoms with Gasteiger partial charge in [0.2, 0.25) is 0 Å². The summed E-state index contributed by atoms with van der Waals surface area (Å²) in [5, 5.41) is 32.5. The molecule has 0 amide bonds. The fourth-order valence-electron chi connectivity index (χ4n) is 0.633. The van der Waals surface area contributed by atoms with Gasteiger partial charge in [-0.3, -0.25) is 0 Å². The first-order valence-electron chi connectivity index (χ1n) is 4.16. The molecule has 0 fully saturated rings. The lowest BCUT2D eigenvalue weighted by molar-refractivity contribution is 0.475. The molecule has 2 aromatic rings. The van der Waals surface area contributed by atoms with E-state index in [9.17, 15) is 0 Å². The number of aliphatic hydroxyl groups excluding tert-OH is 1. The van der Waals surface area contributed by atoms with E-state index in [-0.39, 0.29) is 0 Å². The van der Waals surface area contributed by atoms with E-state index in [4.69, 9.17) is 15.5 Å². The minimum absolute atomic E-state index is 0.322. The Hall–Kier alpha value is -2.68. The lowest BCUT2D eigenvalue weighted by atomic mass is 10.3. The molecule has 0 unspecified atom stereocenters. The largest absolute Gasteiger partial charge is 0.508 e. The molecule has 0 saturated carbocycles. The number of rotatable bonds is 0. The molecule has 2 N–H and O–H groups in total. The van der Waals surface area contributed by atoms with E-state index in [1.54, 1.807) is 42.7 Å². The van der Waals surface area contributed by atoms with Crippen LogP contribution in [0.3, 0.4) is 0 Å². The molecule has 1 heterocycles. The van der Waals surface area contributed by atoms with Crippen LogP contribution in [0.15, 0.2) is 48.8 Å². The summed E-state index contributed by atoms with van der Waals surface area (Å²) in [7, 11) is 0. The second-order valence-electron chi connectivity index (χ2n) is 2.25. The highest BCUT2D eigenvalue weighted by Crippen LogP contribution is 2.02. The van der Waals surface area contributed by atoms with Gasteiger partial charge in [-0.25, -0.2) is 0 Å². The maximum absolute atomic E-state index is 8.63. The van der Waals surface area contributed by atoms with Gasteiger partial charge in [0.15, 0.2) is 0 Å². The van der Waals surface area contributed by atoms with Crippen LogP contribution in [0.2, 0.25) is 0 Å². The lowest BCUT2D eigenvalue weighted by Gasteiger charge is -1.82. The van der Waals surface area contributed by atoms with Crippen molar-refractivity contribution in [1.29, 1.82) is 5.26 Å². The first-order valence-corrected chi connectivity index (χ1v) is 4.16. The number of para-hydroxylation sites is 1. The van der Waals surface area contributed by atoms with Crippen LogP contribution < -0.4 is 0 Å². The highest BCUT2D eigenvalue weighted by Gasteiger charge is 1.74. The number of aromatic hydroxyl groups is 1. The molecule has 0 radical (unpaired) electrons. The first-order chi connectivity index (χ1) is 7.81. The summed E-state index contributed by atoms with van der Waals surface area (Å²) in [4.78, 5) is 0. The van der Waals surface area contributed by atoms with Crippen LogP contribution in [-0.4, -0.2) is 25.6 Å². The summed E-state index contributed by atoms with van der Waals surface area (Å²) in [5.41, 5.74) is 0. The van der Waals surface area contributed by atoms with E-state index in [1.165, 1.54) is 0 Å². The zero-order chi connectivity index (χ0) is 12.1. The van der Waals surface area contributed by atoms with Crippen molar-refractivity contribution in [3.63, 3.8) is 0 Å². The average Bonchev–Trinajstić information content (AvgIpc) is 2.34. The molecule has 1 aromatic carbocycles. The van der Waals surface area contributed by atoms with Gasteiger partial charge in [-0.05, 0) is 23.4 Å². The van der Waals surface area contributed by atoms with Gasteiger partial charge >= 0.3 is 0 Å². The number of phenols is 1. The summed E-state index contributed by atoms with van der Waals surface area (Å²) >= 11 is 0. The molecule has 2 rings (SSSR count). The molecule has 6 heteroatoms. The van der Waals surface area contributed by atoms with Crippen molar-refractivity contribution in [3.05, 3.63) is 48.8 Å². The van der Waals surface area contributed by atoms with Crippen LogP contribution in [0, 0.1) is 11.5 Å². The first kappa shape index (κ1) is 13.3. The van der Waals surface area contributed by atoms with Crippen molar-refractivity contribution < 1.29 is 10.2 Å². The molecule has 0 aliphatic rings. The van der Waals surface area contributed by atoms with E-state index in [2.05, 4.69) is 15.4 Å². The SMILES string of the molecule is N#CO.Oc1ccccc1.c1cnnnc1. The van der Waals surface area contributed by atoms with Gasteiger partial charge in [-0.2, -0.15) is 5.26 Å². The average molecular weight is 218 g/mol. The molecular formula is C10H10N4O2. The Morgan fingerprint density at radius 1 is 1.00 bits per heavy atom. The molecule has 0 spiro atoms. The Morgan fingerprint density at radius 2 is 1.50 bits per heavy atom. The number of aliphatic hydroxyl groups is 1. The van der Waals surface area contributed by atoms with Crippen molar-refractivity contribution in [3.8, 4) is 12.0 Å². The number of hydrogen-bond donors (Lipinski definition) is 2. The highest BCUT2D eigenvalue weighted by molar-refractivity contribution is 5.18.